The summed E-state index contributed by atoms with van der Waals surface area (Å²) in [5.74, 6) is 0.0933. The van der Waals surface area contributed by atoms with Crippen molar-refractivity contribution >= 4 is 17.0 Å². The minimum atomic E-state index is -4.42. The van der Waals surface area contributed by atoms with Crippen molar-refractivity contribution in [1.82, 2.24) is 14.8 Å². The fourth-order valence-corrected chi connectivity index (χ4v) is 3.39. The molecule has 1 saturated heterocycles. The fourth-order valence-electron chi connectivity index (χ4n) is 3.39. The van der Waals surface area contributed by atoms with Crippen LogP contribution in [0.2, 0.25) is 0 Å². The highest BCUT2D eigenvalue weighted by Crippen LogP contribution is 2.30. The normalized spacial score (nSPS) is 15.4. The lowest BCUT2D eigenvalue weighted by Crippen LogP contribution is -2.49. The Balaban J connectivity index is 1.29. The Morgan fingerprint density at radius 1 is 0.933 bits per heavy atom. The molecule has 1 aliphatic heterocycles. The molecule has 1 amide bonds. The van der Waals surface area contributed by atoms with Gasteiger partial charge in [0.15, 0.2) is 0 Å². The molecule has 2 heterocycles. The molecule has 1 aromatic heterocycles. The molecule has 0 aliphatic carbocycles. The Kier molecular flexibility index (Phi) is 5.59. The Hall–Kier alpha value is -3.13. The number of benzene rings is 2. The van der Waals surface area contributed by atoms with E-state index < -0.39 is 17.8 Å². The van der Waals surface area contributed by atoms with Crippen molar-refractivity contribution in [3.8, 4) is 5.75 Å². The van der Waals surface area contributed by atoms with Gasteiger partial charge in [-0.15, -0.1) is 0 Å². The van der Waals surface area contributed by atoms with Gasteiger partial charge in [0, 0.05) is 38.1 Å². The largest absolute Gasteiger partial charge is 0.416 e. The quantitative estimate of drug-likeness (QED) is 0.629. The minimum absolute atomic E-state index is 0.0933. The monoisotopic (exact) mass is 415 g/mol. The van der Waals surface area contributed by atoms with E-state index in [9.17, 15) is 18.0 Å². The lowest BCUT2D eigenvalue weighted by molar-refractivity contribution is -0.137. The minimum Gasteiger partial charge on any atom is -0.410 e. The molecule has 8 heteroatoms. The van der Waals surface area contributed by atoms with Gasteiger partial charge in [0.05, 0.1) is 16.8 Å². The number of carbonyl (C=O) groups excluding carboxylic acids is 1. The number of carbonyl (C=O) groups is 1. The van der Waals surface area contributed by atoms with E-state index in [0.717, 1.165) is 40.9 Å². The summed E-state index contributed by atoms with van der Waals surface area (Å²) in [6.45, 7) is 2.97. The number of rotatable bonds is 3. The number of amides is 1. The number of halogens is 3. The van der Waals surface area contributed by atoms with Crippen LogP contribution >= 0.6 is 0 Å². The first-order chi connectivity index (χ1) is 14.4. The molecular formula is C22H20F3N3O2. The highest BCUT2D eigenvalue weighted by molar-refractivity contribution is 5.78. The number of para-hydroxylation sites is 1. The van der Waals surface area contributed by atoms with Gasteiger partial charge in [-0.05, 0) is 36.4 Å². The van der Waals surface area contributed by atoms with Gasteiger partial charge in [-0.25, -0.2) is 4.79 Å². The predicted molar refractivity (Wildman–Crippen MR) is 106 cm³/mol. The number of pyridine rings is 1. The SMILES string of the molecule is O=C(Oc1ccc(C(F)(F)F)cc1)N1CCN(Cc2ccc3ccccc3n2)CC1. The second-order valence-electron chi connectivity index (χ2n) is 7.15. The highest BCUT2D eigenvalue weighted by Gasteiger charge is 2.30. The lowest BCUT2D eigenvalue weighted by Gasteiger charge is -2.33. The van der Waals surface area contributed by atoms with E-state index in [-0.39, 0.29) is 5.75 Å². The molecule has 0 saturated carbocycles. The second kappa shape index (κ2) is 8.31. The van der Waals surface area contributed by atoms with E-state index in [1.165, 1.54) is 0 Å². The topological polar surface area (TPSA) is 45.7 Å². The van der Waals surface area contributed by atoms with Gasteiger partial charge in [-0.1, -0.05) is 24.3 Å². The summed E-state index contributed by atoms with van der Waals surface area (Å²) < 4.78 is 43.1. The summed E-state index contributed by atoms with van der Waals surface area (Å²) in [4.78, 5) is 20.8. The molecule has 156 valence electrons. The third kappa shape index (κ3) is 4.71. The molecule has 3 aromatic rings. The van der Waals surface area contributed by atoms with Crippen molar-refractivity contribution in [2.45, 2.75) is 12.7 Å². The number of nitrogens with zero attached hydrogens (tertiary/aromatic N) is 3. The molecule has 0 radical (unpaired) electrons. The molecule has 0 bridgehead atoms. The highest BCUT2D eigenvalue weighted by atomic mass is 19.4. The van der Waals surface area contributed by atoms with Crippen molar-refractivity contribution in [2.75, 3.05) is 26.2 Å². The van der Waals surface area contributed by atoms with Crippen LogP contribution in [-0.2, 0) is 12.7 Å². The number of ether oxygens (including phenoxy) is 1. The average Bonchev–Trinajstić information content (AvgIpc) is 2.74. The van der Waals surface area contributed by atoms with Crippen molar-refractivity contribution < 1.29 is 22.7 Å². The summed E-state index contributed by atoms with van der Waals surface area (Å²) in [6.07, 6.45) is -4.98. The fraction of sp³-hybridized carbons (Fsp3) is 0.273. The number of aromatic nitrogens is 1. The first kappa shape index (κ1) is 20.2. The molecule has 0 unspecified atom stereocenters. The zero-order chi connectivity index (χ0) is 21.1. The summed E-state index contributed by atoms with van der Waals surface area (Å²) >= 11 is 0. The molecular weight excluding hydrogens is 395 g/mol. The molecule has 0 spiro atoms. The van der Waals surface area contributed by atoms with Crippen molar-refractivity contribution in [1.29, 1.82) is 0 Å². The van der Waals surface area contributed by atoms with Crippen LogP contribution in [0.4, 0.5) is 18.0 Å². The van der Waals surface area contributed by atoms with Gasteiger partial charge in [0.1, 0.15) is 5.75 Å². The van der Waals surface area contributed by atoms with Gasteiger partial charge in [-0.2, -0.15) is 13.2 Å². The maximum Gasteiger partial charge on any atom is 0.416 e. The smallest absolute Gasteiger partial charge is 0.410 e. The van der Waals surface area contributed by atoms with Gasteiger partial charge in [-0.3, -0.25) is 9.88 Å². The van der Waals surface area contributed by atoms with Crippen LogP contribution in [0.25, 0.3) is 10.9 Å². The van der Waals surface area contributed by atoms with E-state index in [2.05, 4.69) is 16.0 Å². The zero-order valence-corrected chi connectivity index (χ0v) is 16.1. The molecule has 1 fully saturated rings. The zero-order valence-electron chi connectivity index (χ0n) is 16.1. The van der Waals surface area contributed by atoms with E-state index in [0.29, 0.717) is 32.7 Å². The van der Waals surface area contributed by atoms with Gasteiger partial charge < -0.3 is 9.64 Å². The second-order valence-corrected chi connectivity index (χ2v) is 7.15. The number of piperazine rings is 1. The van der Waals surface area contributed by atoms with Crippen LogP contribution < -0.4 is 4.74 Å². The lowest BCUT2D eigenvalue weighted by atomic mass is 10.2. The molecule has 0 N–H and O–H groups in total. The first-order valence-electron chi connectivity index (χ1n) is 9.59. The summed E-state index contributed by atoms with van der Waals surface area (Å²) in [5.41, 5.74) is 1.14. The van der Waals surface area contributed by atoms with Crippen molar-refractivity contribution in [3.63, 3.8) is 0 Å². The molecule has 4 rings (SSSR count). The Labute approximate surface area is 171 Å². The molecule has 30 heavy (non-hydrogen) atoms. The summed E-state index contributed by atoms with van der Waals surface area (Å²) in [7, 11) is 0. The Morgan fingerprint density at radius 2 is 1.63 bits per heavy atom. The third-order valence-corrected chi connectivity index (χ3v) is 5.06. The van der Waals surface area contributed by atoms with Crippen molar-refractivity contribution in [2.24, 2.45) is 0 Å². The maximum absolute atomic E-state index is 12.6. The number of hydrogen-bond acceptors (Lipinski definition) is 4. The Bertz CT molecular complexity index is 1030. The Morgan fingerprint density at radius 3 is 2.33 bits per heavy atom. The predicted octanol–water partition coefficient (Wildman–Crippen LogP) is 4.57. The van der Waals surface area contributed by atoms with Crippen LogP contribution in [0, 0.1) is 0 Å². The molecule has 1 aliphatic rings. The van der Waals surface area contributed by atoms with Crippen LogP contribution in [0.15, 0.2) is 60.7 Å². The van der Waals surface area contributed by atoms with E-state index in [1.807, 2.05) is 30.3 Å². The molecule has 5 nitrogen and oxygen atoms in total. The van der Waals surface area contributed by atoms with E-state index in [1.54, 1.807) is 4.90 Å². The molecule has 2 aromatic carbocycles. The number of alkyl halides is 3. The third-order valence-electron chi connectivity index (χ3n) is 5.06. The summed E-state index contributed by atoms with van der Waals surface area (Å²) in [6, 6.07) is 16.1. The first-order valence-corrected chi connectivity index (χ1v) is 9.59. The van der Waals surface area contributed by atoms with E-state index in [4.69, 9.17) is 4.74 Å². The number of fused-ring (bicyclic) bond motifs is 1. The van der Waals surface area contributed by atoms with Gasteiger partial charge in [0.25, 0.3) is 0 Å². The standard InChI is InChI=1S/C22H20F3N3O2/c23-22(24,25)17-6-9-19(10-7-17)30-21(29)28-13-11-27(12-14-28)15-18-8-5-16-3-1-2-4-20(16)26-18/h1-10H,11-15H2. The average molecular weight is 415 g/mol. The van der Waals surface area contributed by atoms with Gasteiger partial charge in [0.2, 0.25) is 0 Å². The maximum atomic E-state index is 12.6. The van der Waals surface area contributed by atoms with Crippen LogP contribution in [0.3, 0.4) is 0 Å². The molecule has 0 atom stereocenters. The van der Waals surface area contributed by atoms with Crippen LogP contribution in [0.5, 0.6) is 5.75 Å². The van der Waals surface area contributed by atoms with Crippen LogP contribution in [0.1, 0.15) is 11.3 Å². The summed E-state index contributed by atoms with van der Waals surface area (Å²) in [5, 5.41) is 1.09. The van der Waals surface area contributed by atoms with Crippen molar-refractivity contribution in [3.05, 3.63) is 71.9 Å². The van der Waals surface area contributed by atoms with Crippen LogP contribution in [-0.4, -0.2) is 47.1 Å². The van der Waals surface area contributed by atoms with E-state index >= 15 is 0 Å². The van der Waals surface area contributed by atoms with Gasteiger partial charge >= 0.3 is 12.3 Å². The number of hydrogen-bond donors (Lipinski definition) is 0.